The van der Waals surface area contributed by atoms with Crippen LogP contribution in [-0.4, -0.2) is 15.2 Å². The van der Waals surface area contributed by atoms with Gasteiger partial charge in [0.25, 0.3) is 0 Å². The monoisotopic (exact) mass is 329 g/mol. The van der Waals surface area contributed by atoms with Crippen LogP contribution in [0.5, 0.6) is 0 Å². The molecule has 4 heteroatoms. The molecule has 0 saturated heterocycles. The molecule has 3 nitrogen and oxygen atoms in total. The average molecular weight is 329 g/mol. The van der Waals surface area contributed by atoms with Crippen molar-refractivity contribution < 1.29 is 4.39 Å². The van der Waals surface area contributed by atoms with Gasteiger partial charge in [-0.05, 0) is 66.3 Å². The smallest absolute Gasteiger partial charge is 0.126 e. The van der Waals surface area contributed by atoms with Gasteiger partial charge in [-0.1, -0.05) is 12.1 Å². The van der Waals surface area contributed by atoms with Gasteiger partial charge in [0.15, 0.2) is 0 Å². The number of pyridine rings is 1. The predicted octanol–water partition coefficient (Wildman–Crippen LogP) is 5.31. The highest BCUT2D eigenvalue weighted by molar-refractivity contribution is 5.88. The lowest BCUT2D eigenvalue weighted by Crippen LogP contribution is -1.93. The van der Waals surface area contributed by atoms with Gasteiger partial charge in [0.1, 0.15) is 5.82 Å². The Morgan fingerprint density at radius 2 is 1.88 bits per heavy atom. The van der Waals surface area contributed by atoms with E-state index in [4.69, 9.17) is 0 Å². The molecule has 5 rings (SSSR count). The topological polar surface area (TPSA) is 41.6 Å². The molecule has 4 aromatic rings. The Labute approximate surface area is 144 Å². The number of rotatable bonds is 3. The molecule has 0 spiro atoms. The number of fused-ring (bicyclic) bond motifs is 1. The summed E-state index contributed by atoms with van der Waals surface area (Å²) in [5.74, 6) is 0.262. The molecule has 0 aliphatic heterocycles. The van der Waals surface area contributed by atoms with E-state index in [2.05, 4.69) is 33.4 Å². The van der Waals surface area contributed by atoms with E-state index in [9.17, 15) is 4.39 Å². The van der Waals surface area contributed by atoms with E-state index in [1.165, 1.54) is 0 Å². The molecule has 1 saturated carbocycles. The summed E-state index contributed by atoms with van der Waals surface area (Å²) in [5, 5.41) is 8.11. The first-order valence-electron chi connectivity index (χ1n) is 8.48. The molecule has 0 amide bonds. The zero-order valence-electron chi connectivity index (χ0n) is 13.5. The summed E-state index contributed by atoms with van der Waals surface area (Å²) in [5.41, 5.74) is 5.79. The molecular formula is C21H16FN3. The standard InChI is InChI=1S/C21H16FN3/c22-19-7-5-15(11-18(19)13-3-4-13)21-17(2-1-9-23-21)14-6-8-20-16(10-14)12-24-25-20/h1-2,5-13H,3-4H2,(H,24,25). The zero-order chi connectivity index (χ0) is 16.8. The molecular weight excluding hydrogens is 313 g/mol. The fourth-order valence-electron chi connectivity index (χ4n) is 3.38. The summed E-state index contributed by atoms with van der Waals surface area (Å²) in [6, 6.07) is 15.5. The zero-order valence-corrected chi connectivity index (χ0v) is 13.5. The number of nitrogens with zero attached hydrogens (tertiary/aromatic N) is 2. The van der Waals surface area contributed by atoms with Gasteiger partial charge in [-0.2, -0.15) is 5.10 Å². The van der Waals surface area contributed by atoms with E-state index in [-0.39, 0.29) is 5.82 Å². The van der Waals surface area contributed by atoms with Gasteiger partial charge in [-0.3, -0.25) is 10.1 Å². The molecule has 2 aromatic carbocycles. The fourth-order valence-corrected chi connectivity index (χ4v) is 3.38. The fraction of sp³-hybridized carbons (Fsp3) is 0.143. The summed E-state index contributed by atoms with van der Waals surface area (Å²) >= 11 is 0. The number of benzene rings is 2. The van der Waals surface area contributed by atoms with Crippen LogP contribution in [0.25, 0.3) is 33.3 Å². The Kier molecular flexibility index (Phi) is 3.17. The van der Waals surface area contributed by atoms with E-state index >= 15 is 0 Å². The van der Waals surface area contributed by atoms with Crippen LogP contribution in [0.2, 0.25) is 0 Å². The summed E-state index contributed by atoms with van der Waals surface area (Å²) in [6.45, 7) is 0. The van der Waals surface area contributed by atoms with Crippen molar-refractivity contribution in [3.05, 3.63) is 72.3 Å². The minimum atomic E-state index is -0.108. The van der Waals surface area contributed by atoms with Crippen LogP contribution in [0.3, 0.4) is 0 Å². The molecule has 0 radical (unpaired) electrons. The number of hydrogen-bond donors (Lipinski definition) is 1. The number of H-pyrrole nitrogens is 1. The first kappa shape index (κ1) is 14.3. The van der Waals surface area contributed by atoms with Crippen molar-refractivity contribution in [2.24, 2.45) is 0 Å². The van der Waals surface area contributed by atoms with Crippen molar-refractivity contribution >= 4 is 10.9 Å². The van der Waals surface area contributed by atoms with Crippen LogP contribution >= 0.6 is 0 Å². The Bertz CT molecular complexity index is 1080. The van der Waals surface area contributed by atoms with E-state index in [0.717, 1.165) is 51.7 Å². The Morgan fingerprint density at radius 3 is 2.76 bits per heavy atom. The van der Waals surface area contributed by atoms with Crippen molar-refractivity contribution in [1.82, 2.24) is 15.2 Å². The minimum absolute atomic E-state index is 0.108. The molecule has 122 valence electrons. The maximum atomic E-state index is 14.1. The van der Waals surface area contributed by atoms with Crippen molar-refractivity contribution in [3.8, 4) is 22.4 Å². The molecule has 2 heterocycles. The number of hydrogen-bond acceptors (Lipinski definition) is 2. The summed E-state index contributed by atoms with van der Waals surface area (Å²) < 4.78 is 14.1. The van der Waals surface area contributed by atoms with Gasteiger partial charge in [-0.25, -0.2) is 4.39 Å². The van der Waals surface area contributed by atoms with Gasteiger partial charge < -0.3 is 0 Å². The van der Waals surface area contributed by atoms with Crippen LogP contribution in [0, 0.1) is 5.82 Å². The molecule has 1 fully saturated rings. The third kappa shape index (κ3) is 2.50. The van der Waals surface area contributed by atoms with Gasteiger partial charge in [0.05, 0.1) is 17.4 Å². The summed E-state index contributed by atoms with van der Waals surface area (Å²) in [6.07, 6.45) is 5.76. The lowest BCUT2D eigenvalue weighted by molar-refractivity contribution is 0.611. The van der Waals surface area contributed by atoms with Crippen LogP contribution < -0.4 is 0 Å². The highest BCUT2D eigenvalue weighted by Gasteiger charge is 2.27. The van der Waals surface area contributed by atoms with Crippen LogP contribution in [0.15, 0.2) is 60.9 Å². The summed E-state index contributed by atoms with van der Waals surface area (Å²) in [7, 11) is 0. The van der Waals surface area contributed by atoms with Crippen LogP contribution in [-0.2, 0) is 0 Å². The summed E-state index contributed by atoms with van der Waals surface area (Å²) in [4.78, 5) is 4.60. The third-order valence-corrected chi connectivity index (χ3v) is 4.85. The highest BCUT2D eigenvalue weighted by atomic mass is 19.1. The molecule has 0 atom stereocenters. The number of aromatic amines is 1. The largest absolute Gasteiger partial charge is 0.278 e. The van der Waals surface area contributed by atoms with Gasteiger partial charge in [0, 0.05) is 22.7 Å². The van der Waals surface area contributed by atoms with Crippen LogP contribution in [0.4, 0.5) is 4.39 Å². The van der Waals surface area contributed by atoms with E-state index in [1.54, 1.807) is 12.3 Å². The van der Waals surface area contributed by atoms with E-state index in [1.807, 2.05) is 30.5 Å². The number of halogens is 1. The maximum absolute atomic E-state index is 14.1. The first-order chi connectivity index (χ1) is 12.3. The van der Waals surface area contributed by atoms with Gasteiger partial charge >= 0.3 is 0 Å². The second-order valence-corrected chi connectivity index (χ2v) is 6.58. The Balaban J connectivity index is 1.66. The first-order valence-corrected chi connectivity index (χ1v) is 8.48. The Morgan fingerprint density at radius 1 is 1.00 bits per heavy atom. The quantitative estimate of drug-likeness (QED) is 0.553. The van der Waals surface area contributed by atoms with Gasteiger partial charge in [0.2, 0.25) is 0 Å². The van der Waals surface area contributed by atoms with Crippen molar-refractivity contribution in [1.29, 1.82) is 0 Å². The van der Waals surface area contributed by atoms with E-state index < -0.39 is 0 Å². The second kappa shape index (κ2) is 5.52. The van der Waals surface area contributed by atoms with Crippen molar-refractivity contribution in [2.75, 3.05) is 0 Å². The van der Waals surface area contributed by atoms with Crippen LogP contribution in [0.1, 0.15) is 24.3 Å². The lowest BCUT2D eigenvalue weighted by Gasteiger charge is -2.11. The molecule has 0 bridgehead atoms. The third-order valence-electron chi connectivity index (χ3n) is 4.85. The normalized spacial score (nSPS) is 14.1. The maximum Gasteiger partial charge on any atom is 0.126 e. The highest BCUT2D eigenvalue weighted by Crippen LogP contribution is 2.43. The Hall–Kier alpha value is -3.01. The lowest BCUT2D eigenvalue weighted by atomic mass is 9.96. The number of nitrogens with one attached hydrogen (secondary N) is 1. The van der Waals surface area contributed by atoms with Gasteiger partial charge in [-0.15, -0.1) is 0 Å². The molecule has 1 aliphatic carbocycles. The molecule has 1 N–H and O–H groups in total. The molecule has 0 unspecified atom stereocenters. The van der Waals surface area contributed by atoms with Crippen molar-refractivity contribution in [3.63, 3.8) is 0 Å². The molecule has 2 aromatic heterocycles. The predicted molar refractivity (Wildman–Crippen MR) is 96.7 cm³/mol. The average Bonchev–Trinajstić information content (AvgIpc) is 3.39. The SMILES string of the molecule is Fc1ccc(-c2ncccc2-c2ccc3[nH]ncc3c2)cc1C1CC1. The van der Waals surface area contributed by atoms with E-state index in [0.29, 0.717) is 5.92 Å². The second-order valence-electron chi connectivity index (χ2n) is 6.58. The number of aromatic nitrogens is 3. The molecule has 1 aliphatic rings. The van der Waals surface area contributed by atoms with Crippen molar-refractivity contribution in [2.45, 2.75) is 18.8 Å². The minimum Gasteiger partial charge on any atom is -0.278 e. The molecule has 25 heavy (non-hydrogen) atoms.